The summed E-state index contributed by atoms with van der Waals surface area (Å²) in [5.41, 5.74) is 7.07. The molecule has 0 aromatic heterocycles. The Hall–Kier alpha value is -2.66. The van der Waals surface area contributed by atoms with Crippen LogP contribution in [0.2, 0.25) is 0 Å². The predicted octanol–water partition coefficient (Wildman–Crippen LogP) is 0.154. The summed E-state index contributed by atoms with van der Waals surface area (Å²) in [4.78, 5) is 49.8. The number of carbonyl (C=O) groups excluding carboxylic acids is 3. The Morgan fingerprint density at radius 1 is 1.13 bits per heavy atom. The second-order valence-electron chi connectivity index (χ2n) is 7.55. The minimum Gasteiger partial charge on any atom is -0.365 e. The largest absolute Gasteiger partial charge is 0.365 e. The van der Waals surface area contributed by atoms with Crippen molar-refractivity contribution in [1.82, 2.24) is 16.1 Å². The molecule has 0 unspecified atom stereocenters. The number of Topliss-reactive ketones (excluding diaryl/α,β-unsaturated/α-hetero) is 1. The molecule has 30 heavy (non-hydrogen) atoms. The summed E-state index contributed by atoms with van der Waals surface area (Å²) in [5, 5.41) is 14.8. The molecule has 11 nitrogen and oxygen atoms in total. The van der Waals surface area contributed by atoms with E-state index in [1.54, 1.807) is 5.43 Å². The summed E-state index contributed by atoms with van der Waals surface area (Å²) in [5.74, 6) is -1.21. The Labute approximate surface area is 178 Å². The molecule has 5 N–H and O–H groups in total. The van der Waals surface area contributed by atoms with Gasteiger partial charge in [-0.05, 0) is 50.9 Å². The number of hydrogen-bond donors (Lipinski definition) is 4. The Morgan fingerprint density at radius 2 is 1.77 bits per heavy atom. The lowest BCUT2D eigenvalue weighted by molar-refractivity contribution is -0.525. The number of hydrogen-bond acceptors (Lipinski definition) is 6. The first-order valence-electron chi connectivity index (χ1n) is 10.1. The van der Waals surface area contributed by atoms with Crippen LogP contribution in [0.15, 0.2) is 4.99 Å². The van der Waals surface area contributed by atoms with E-state index >= 15 is 0 Å². The monoisotopic (exact) mass is 424 g/mol. The van der Waals surface area contributed by atoms with E-state index < -0.39 is 22.9 Å². The number of carbonyl (C=O) groups is 3. The topological polar surface area (TPSA) is 169 Å². The number of nitrogens with zero attached hydrogens (tertiary/aromatic N) is 2. The summed E-state index contributed by atoms with van der Waals surface area (Å²) in [6.07, 6.45) is 2.98. The van der Waals surface area contributed by atoms with E-state index in [0.29, 0.717) is 38.0 Å². The van der Waals surface area contributed by atoms with Gasteiger partial charge in [0.05, 0.1) is 7.85 Å². The maximum absolute atomic E-state index is 12.6. The second-order valence-corrected chi connectivity index (χ2v) is 7.55. The first-order valence-corrected chi connectivity index (χ1v) is 10.1. The van der Waals surface area contributed by atoms with Crippen LogP contribution in [0.4, 0.5) is 0 Å². The van der Waals surface area contributed by atoms with Gasteiger partial charge >= 0.3 is 0 Å². The maximum atomic E-state index is 12.6. The molecular weight excluding hydrogens is 391 g/mol. The van der Waals surface area contributed by atoms with Crippen LogP contribution in [-0.4, -0.2) is 55.0 Å². The molecule has 0 aromatic carbocycles. The highest BCUT2D eigenvalue weighted by molar-refractivity contribution is 6.13. The molecule has 0 aliphatic heterocycles. The zero-order chi connectivity index (χ0) is 23.1. The summed E-state index contributed by atoms with van der Waals surface area (Å²) in [7, 11) is 5.92. The van der Waals surface area contributed by atoms with Gasteiger partial charge in [0.15, 0.2) is 5.03 Å². The third-order valence-electron chi connectivity index (χ3n) is 4.03. The number of nitrogens with one attached hydrogen (secondary N) is 3. The zero-order valence-electron chi connectivity index (χ0n) is 18.0. The third-order valence-corrected chi connectivity index (χ3v) is 4.03. The quantitative estimate of drug-likeness (QED) is 0.0724. The van der Waals surface area contributed by atoms with Gasteiger partial charge in [-0.2, -0.15) is 0 Å². The van der Waals surface area contributed by atoms with E-state index in [9.17, 15) is 24.5 Å². The predicted molar refractivity (Wildman–Crippen MR) is 114 cm³/mol. The highest BCUT2D eigenvalue weighted by Gasteiger charge is 2.22. The van der Waals surface area contributed by atoms with Crippen molar-refractivity contribution in [2.45, 2.75) is 77.7 Å². The fourth-order valence-corrected chi connectivity index (χ4v) is 2.67. The summed E-state index contributed by atoms with van der Waals surface area (Å²) in [6, 6.07) is -0.816. The highest BCUT2D eigenvalue weighted by Crippen LogP contribution is 2.06. The molecule has 2 atom stereocenters. The summed E-state index contributed by atoms with van der Waals surface area (Å²) < 4.78 is 0. The Balaban J connectivity index is 4.74. The van der Waals surface area contributed by atoms with E-state index in [1.165, 1.54) is 6.92 Å². The van der Waals surface area contributed by atoms with Gasteiger partial charge in [0.2, 0.25) is 11.8 Å². The minimum atomic E-state index is -0.822. The lowest BCUT2D eigenvalue weighted by Crippen LogP contribution is -2.50. The van der Waals surface area contributed by atoms with E-state index in [4.69, 9.17) is 13.6 Å². The van der Waals surface area contributed by atoms with Gasteiger partial charge in [0.1, 0.15) is 11.8 Å². The molecule has 0 heterocycles. The molecule has 12 heteroatoms. The molecule has 168 valence electrons. The molecule has 0 aromatic rings. The fourth-order valence-electron chi connectivity index (χ4n) is 2.67. The van der Waals surface area contributed by atoms with Crippen molar-refractivity contribution >= 4 is 31.4 Å². The number of rotatable bonds is 15. The normalized spacial score (nSPS) is 13.4. The van der Waals surface area contributed by atoms with Crippen LogP contribution < -0.4 is 21.8 Å². The molecule has 0 spiro atoms. The Kier molecular flexibility index (Phi) is 13.9. The van der Waals surface area contributed by atoms with E-state index in [-0.39, 0.29) is 37.0 Å². The molecule has 0 rings (SSSR count). The van der Waals surface area contributed by atoms with E-state index in [2.05, 4.69) is 15.6 Å². The molecule has 0 saturated heterocycles. The van der Waals surface area contributed by atoms with Crippen molar-refractivity contribution in [1.29, 1.82) is 0 Å². The molecule has 0 bridgehead atoms. The maximum Gasteiger partial charge on any atom is 0.251 e. The van der Waals surface area contributed by atoms with Gasteiger partial charge < -0.3 is 21.2 Å². The van der Waals surface area contributed by atoms with Gasteiger partial charge in [-0.1, -0.05) is 19.3 Å². The molecular formula is C18H33BN6O5. The van der Waals surface area contributed by atoms with Crippen molar-refractivity contribution in [2.75, 3.05) is 6.54 Å². The third kappa shape index (κ3) is 15.3. The molecule has 0 saturated carbocycles. The van der Waals surface area contributed by atoms with Crippen LogP contribution >= 0.6 is 0 Å². The SMILES string of the molecule is [B][C@H](CC(C)C)NC(=O)[C@H](CCCN=C(N)N[N+](=O)[O-])NC(=O)CCCCC(C)=O. The number of nitrogens with two attached hydrogens (primary N) is 1. The number of unbranched alkanes of at least 4 members (excludes halogenated alkanes) is 1. The minimum absolute atomic E-state index is 0.0678. The van der Waals surface area contributed by atoms with Crippen molar-refractivity contribution in [3.05, 3.63) is 10.1 Å². The molecule has 0 fully saturated rings. The van der Waals surface area contributed by atoms with Gasteiger partial charge in [0.25, 0.3) is 5.96 Å². The van der Waals surface area contributed by atoms with Crippen molar-refractivity contribution in [2.24, 2.45) is 16.6 Å². The number of amides is 2. The van der Waals surface area contributed by atoms with Crippen molar-refractivity contribution in [3.8, 4) is 0 Å². The summed E-state index contributed by atoms with van der Waals surface area (Å²) in [6.45, 7) is 5.60. The molecule has 0 aliphatic rings. The lowest BCUT2D eigenvalue weighted by atomic mass is 9.88. The first-order chi connectivity index (χ1) is 14.0. The van der Waals surface area contributed by atoms with Gasteiger partial charge in [-0.25, -0.2) is 15.1 Å². The van der Waals surface area contributed by atoms with Crippen LogP contribution in [-0.2, 0) is 14.4 Å². The Bertz CT molecular complexity index is 614. The molecule has 0 aliphatic carbocycles. The van der Waals surface area contributed by atoms with Crippen LogP contribution in [0.1, 0.15) is 65.7 Å². The zero-order valence-corrected chi connectivity index (χ0v) is 18.0. The van der Waals surface area contributed by atoms with E-state index in [1.807, 2.05) is 13.8 Å². The summed E-state index contributed by atoms with van der Waals surface area (Å²) >= 11 is 0. The highest BCUT2D eigenvalue weighted by atomic mass is 16.7. The first kappa shape index (κ1) is 27.3. The molecule has 2 radical (unpaired) electrons. The van der Waals surface area contributed by atoms with Gasteiger partial charge in [-0.15, -0.1) is 0 Å². The van der Waals surface area contributed by atoms with Gasteiger partial charge in [0, 0.05) is 19.4 Å². The standard InChI is InChI=1S/C18H33BN6O5/c1-12(2)11-15(19)23-17(28)14(8-6-10-21-18(20)24-25(29)30)22-16(27)9-5-4-7-13(3)26/h12,14-15H,4-11H2,1-3H3,(H,22,27)(H,23,28)(H3,20,21,24)/t14-,15-/m0/s1. The van der Waals surface area contributed by atoms with Gasteiger partial charge in [-0.3, -0.25) is 9.59 Å². The van der Waals surface area contributed by atoms with Crippen LogP contribution in [0, 0.1) is 16.0 Å². The smallest absolute Gasteiger partial charge is 0.251 e. The van der Waals surface area contributed by atoms with Crippen molar-refractivity contribution in [3.63, 3.8) is 0 Å². The average molecular weight is 424 g/mol. The number of aliphatic imine (C=N–C) groups is 1. The number of hydrazine groups is 1. The fraction of sp³-hybridized carbons (Fsp3) is 0.778. The Morgan fingerprint density at radius 3 is 2.33 bits per heavy atom. The van der Waals surface area contributed by atoms with Crippen LogP contribution in [0.5, 0.6) is 0 Å². The number of nitro groups is 1. The number of ketones is 1. The average Bonchev–Trinajstić information content (AvgIpc) is 2.59. The van der Waals surface area contributed by atoms with Crippen LogP contribution in [0.3, 0.4) is 0 Å². The second kappa shape index (κ2) is 15.2. The van der Waals surface area contributed by atoms with Crippen molar-refractivity contribution < 1.29 is 19.4 Å². The number of guanidine groups is 1. The van der Waals surface area contributed by atoms with E-state index in [0.717, 1.165) is 0 Å². The lowest BCUT2D eigenvalue weighted by Gasteiger charge is -2.22. The molecule has 2 amide bonds. The van der Waals surface area contributed by atoms with Crippen LogP contribution in [0.25, 0.3) is 0 Å².